The van der Waals surface area contributed by atoms with Crippen LogP contribution in [0.15, 0.2) is 30.5 Å². The van der Waals surface area contributed by atoms with Crippen molar-refractivity contribution in [3.05, 3.63) is 58.5 Å². The molecule has 0 spiro atoms. The van der Waals surface area contributed by atoms with Gasteiger partial charge in [-0.3, -0.25) is 4.98 Å². The molecule has 36 heavy (non-hydrogen) atoms. The molecule has 190 valence electrons. The monoisotopic (exact) mass is 519 g/mol. The quantitative estimate of drug-likeness (QED) is 0.282. The van der Waals surface area contributed by atoms with Crippen LogP contribution in [-0.4, -0.2) is 42.9 Å². The van der Waals surface area contributed by atoms with Crippen LogP contribution < -0.4 is 14.8 Å². The van der Waals surface area contributed by atoms with Crippen LogP contribution in [0.5, 0.6) is 11.5 Å². The number of carbonyl (C=O) groups excluding carboxylic acids is 1. The number of pyridine rings is 1. The van der Waals surface area contributed by atoms with Crippen molar-refractivity contribution < 1.29 is 32.2 Å². The van der Waals surface area contributed by atoms with E-state index in [9.17, 15) is 13.6 Å². The molecule has 0 atom stereocenters. The van der Waals surface area contributed by atoms with E-state index in [1.54, 1.807) is 30.5 Å². The number of anilines is 1. The highest BCUT2D eigenvalue weighted by Gasteiger charge is 2.23. The molecule has 0 aliphatic carbocycles. The van der Waals surface area contributed by atoms with Crippen molar-refractivity contribution in [3.63, 3.8) is 0 Å². The summed E-state index contributed by atoms with van der Waals surface area (Å²) in [6, 6.07) is 5.75. The third-order valence-electron chi connectivity index (χ3n) is 5.61. The van der Waals surface area contributed by atoms with Crippen molar-refractivity contribution in [1.29, 1.82) is 0 Å². The fourth-order valence-electron chi connectivity index (χ4n) is 3.97. The Morgan fingerprint density at radius 1 is 1.14 bits per heavy atom. The smallest absolute Gasteiger partial charge is 0.351 e. The first kappa shape index (κ1) is 25.4. The molecule has 0 radical (unpaired) electrons. The first-order valence-electron chi connectivity index (χ1n) is 11.1. The van der Waals surface area contributed by atoms with E-state index < -0.39 is 23.4 Å². The summed E-state index contributed by atoms with van der Waals surface area (Å²) in [5.41, 5.74) is 0.994. The zero-order valence-electron chi connectivity index (χ0n) is 20.1. The van der Waals surface area contributed by atoms with E-state index in [-0.39, 0.29) is 40.6 Å². The molecule has 4 rings (SSSR count). The lowest BCUT2D eigenvalue weighted by molar-refractivity contribution is 0.0602. The van der Waals surface area contributed by atoms with E-state index in [1.165, 1.54) is 26.5 Å². The molecule has 0 amide bonds. The predicted octanol–water partition coefficient (Wildman–Crippen LogP) is 5.80. The van der Waals surface area contributed by atoms with Gasteiger partial charge in [0.1, 0.15) is 17.2 Å². The van der Waals surface area contributed by atoms with Gasteiger partial charge in [-0.1, -0.05) is 0 Å². The van der Waals surface area contributed by atoms with Crippen molar-refractivity contribution in [3.8, 4) is 22.1 Å². The number of ether oxygens (including phenoxy) is 3. The third-order valence-corrected chi connectivity index (χ3v) is 6.71. The summed E-state index contributed by atoms with van der Waals surface area (Å²) in [4.78, 5) is 16.8. The average Bonchev–Trinajstić information content (AvgIpc) is 3.43. The Labute approximate surface area is 209 Å². The van der Waals surface area contributed by atoms with E-state index in [0.29, 0.717) is 28.3 Å². The molecule has 7 nitrogen and oxygen atoms in total. The number of hydrogen-bond acceptors (Lipinski definition) is 7. The Kier molecular flexibility index (Phi) is 7.39. The Balaban J connectivity index is 1.59. The van der Waals surface area contributed by atoms with Gasteiger partial charge in [-0.05, 0) is 26.0 Å². The van der Waals surface area contributed by atoms with Gasteiger partial charge in [0.15, 0.2) is 22.3 Å². The number of esters is 1. The van der Waals surface area contributed by atoms with Gasteiger partial charge >= 0.3 is 5.97 Å². The molecule has 4 aromatic rings. The summed E-state index contributed by atoms with van der Waals surface area (Å²) in [5, 5.41) is 3.45. The van der Waals surface area contributed by atoms with Gasteiger partial charge in [0.2, 0.25) is 0 Å². The van der Waals surface area contributed by atoms with Crippen molar-refractivity contribution >= 4 is 33.9 Å². The third kappa shape index (κ3) is 4.58. The van der Waals surface area contributed by atoms with Gasteiger partial charge < -0.3 is 24.1 Å². The molecule has 3 heterocycles. The number of aromatic nitrogens is 2. The summed E-state index contributed by atoms with van der Waals surface area (Å²) in [7, 11) is 2.65. The number of hydrogen-bond donors (Lipinski definition) is 1. The highest BCUT2D eigenvalue weighted by molar-refractivity contribution is 7.17. The number of rotatable bonds is 9. The minimum absolute atomic E-state index is 0.0431. The molecular formula is C25H24F3N3O4S. The van der Waals surface area contributed by atoms with Gasteiger partial charge in [0.25, 0.3) is 0 Å². The standard InChI is InChI=1S/C25H24F3N3O4S/c1-5-35-18-12-19(36-24(18)25(32)34-4)22-21(28)16(6-7-30-22)29-8-9-31-13(2)10-14-17(33-3)11-15(26)20(27)23(14)31/h6-7,10-12H,5,8-9H2,1-4H3,(H,29,30). The van der Waals surface area contributed by atoms with Gasteiger partial charge in [-0.15, -0.1) is 11.3 Å². The Morgan fingerprint density at radius 3 is 2.61 bits per heavy atom. The van der Waals surface area contributed by atoms with Crippen LogP contribution in [0.1, 0.15) is 22.3 Å². The minimum atomic E-state index is -1.01. The van der Waals surface area contributed by atoms with Gasteiger partial charge in [-0.2, -0.15) is 0 Å². The summed E-state index contributed by atoms with van der Waals surface area (Å²) in [5.74, 6) is -2.66. The predicted molar refractivity (Wildman–Crippen MR) is 132 cm³/mol. The SMILES string of the molecule is CCOc1cc(-c2nccc(NCCn3c(C)cc4c(OC)cc(F)c(F)c43)c2F)sc1C(=O)OC. The Hall–Kier alpha value is -3.73. The van der Waals surface area contributed by atoms with Gasteiger partial charge in [-0.25, -0.2) is 18.0 Å². The second-order valence-corrected chi connectivity index (χ2v) is 8.80. The first-order chi connectivity index (χ1) is 17.3. The number of aryl methyl sites for hydroxylation is 1. The molecule has 0 bridgehead atoms. The Bertz CT molecular complexity index is 1430. The summed E-state index contributed by atoms with van der Waals surface area (Å²) < 4.78 is 61.2. The number of thiophene rings is 1. The maximum absolute atomic E-state index is 15.4. The molecular weight excluding hydrogens is 495 g/mol. The first-order valence-corrected chi connectivity index (χ1v) is 11.9. The van der Waals surface area contributed by atoms with Crippen molar-refractivity contribution in [2.75, 3.05) is 32.7 Å². The zero-order valence-corrected chi connectivity index (χ0v) is 20.9. The second kappa shape index (κ2) is 10.5. The zero-order chi connectivity index (χ0) is 26.0. The highest BCUT2D eigenvalue weighted by atomic mass is 32.1. The maximum Gasteiger partial charge on any atom is 0.351 e. The van der Waals surface area contributed by atoms with E-state index in [2.05, 4.69) is 10.3 Å². The van der Waals surface area contributed by atoms with Crippen LogP contribution in [0.25, 0.3) is 21.5 Å². The van der Waals surface area contributed by atoms with Crippen LogP contribution in [0.3, 0.4) is 0 Å². The molecule has 1 N–H and O–H groups in total. The molecule has 0 aliphatic rings. The summed E-state index contributed by atoms with van der Waals surface area (Å²) >= 11 is 1.02. The van der Waals surface area contributed by atoms with Crippen LogP contribution in [0, 0.1) is 24.4 Å². The number of benzene rings is 1. The fraction of sp³-hybridized carbons (Fsp3) is 0.280. The molecule has 0 fully saturated rings. The molecule has 11 heteroatoms. The number of fused-ring (bicyclic) bond motifs is 1. The average molecular weight is 520 g/mol. The summed E-state index contributed by atoms with van der Waals surface area (Å²) in [6.07, 6.45) is 1.44. The van der Waals surface area contributed by atoms with Crippen molar-refractivity contribution in [2.24, 2.45) is 0 Å². The normalized spacial score (nSPS) is 11.1. The van der Waals surface area contributed by atoms with Crippen LogP contribution >= 0.6 is 11.3 Å². The molecule has 0 unspecified atom stereocenters. The second-order valence-electron chi connectivity index (χ2n) is 7.75. The minimum Gasteiger partial charge on any atom is -0.496 e. The fourth-order valence-corrected chi connectivity index (χ4v) is 4.98. The largest absolute Gasteiger partial charge is 0.496 e. The molecule has 1 aromatic carbocycles. The number of halogens is 3. The van der Waals surface area contributed by atoms with Crippen molar-refractivity contribution in [2.45, 2.75) is 20.4 Å². The molecule has 0 saturated carbocycles. The molecule has 0 saturated heterocycles. The van der Waals surface area contributed by atoms with Gasteiger partial charge in [0.05, 0.1) is 36.9 Å². The maximum atomic E-state index is 15.4. The lowest BCUT2D eigenvalue weighted by Gasteiger charge is -2.13. The van der Waals surface area contributed by atoms with Crippen LogP contribution in [0.2, 0.25) is 0 Å². The lowest BCUT2D eigenvalue weighted by Crippen LogP contribution is -2.13. The van der Waals surface area contributed by atoms with E-state index in [0.717, 1.165) is 17.4 Å². The highest BCUT2D eigenvalue weighted by Crippen LogP contribution is 2.38. The van der Waals surface area contributed by atoms with Crippen LogP contribution in [-0.2, 0) is 11.3 Å². The van der Waals surface area contributed by atoms with Crippen molar-refractivity contribution in [1.82, 2.24) is 9.55 Å². The van der Waals surface area contributed by atoms with E-state index in [1.807, 2.05) is 0 Å². The van der Waals surface area contributed by atoms with Crippen LogP contribution in [0.4, 0.5) is 18.9 Å². The Morgan fingerprint density at radius 2 is 1.92 bits per heavy atom. The number of nitrogens with zero attached hydrogens (tertiary/aromatic N) is 2. The number of methoxy groups -OCH3 is 2. The topological polar surface area (TPSA) is 74.6 Å². The van der Waals surface area contributed by atoms with Gasteiger partial charge in [0, 0.05) is 42.5 Å². The summed E-state index contributed by atoms with van der Waals surface area (Å²) in [6.45, 7) is 4.31. The molecule has 3 aromatic heterocycles. The van der Waals surface area contributed by atoms with E-state index in [4.69, 9.17) is 14.2 Å². The molecule has 0 aliphatic heterocycles. The number of carbonyl (C=O) groups is 1. The van der Waals surface area contributed by atoms with E-state index >= 15 is 4.39 Å². The lowest BCUT2D eigenvalue weighted by atomic mass is 10.2. The number of nitrogens with one attached hydrogen (secondary N) is 1.